The molecule has 35 heavy (non-hydrogen) atoms. The number of hydrogen-bond donors (Lipinski definition) is 1. The van der Waals surface area contributed by atoms with Crippen LogP contribution in [0, 0.1) is 23.0 Å². The first-order chi connectivity index (χ1) is 16.9. The predicted octanol–water partition coefficient (Wildman–Crippen LogP) is 5.03. The van der Waals surface area contributed by atoms with Gasteiger partial charge in [0.2, 0.25) is 5.89 Å². The number of carbonyl (C=O) groups is 2. The largest absolute Gasteiger partial charge is 0.469 e. The van der Waals surface area contributed by atoms with Crippen LogP contribution in [-0.2, 0) is 16.0 Å². The molecule has 5 rings (SSSR count). The third-order valence-corrected chi connectivity index (χ3v) is 7.30. The Morgan fingerprint density at radius 2 is 1.83 bits per heavy atom. The standard InChI is InChI=1S/C26H25F2N3O4/c1-34-25(33)19-14-26(19)10-8-17(9-11-26)16-3-5-18(6-4-16)29-23(32)24-31-30-22(35-24)13-15-2-7-20(27)21(28)12-15/h2-7,12,17,19H,8-11,13-14H2,1H3,(H,29,32). The molecule has 1 N–H and O–H groups in total. The highest BCUT2D eigenvalue weighted by Gasteiger charge is 2.59. The number of hydrogen-bond acceptors (Lipinski definition) is 6. The minimum absolute atomic E-state index is 0.0631. The van der Waals surface area contributed by atoms with Crippen molar-refractivity contribution in [1.82, 2.24) is 10.2 Å². The molecule has 7 nitrogen and oxygen atoms in total. The highest BCUT2D eigenvalue weighted by Crippen LogP contribution is 2.63. The van der Waals surface area contributed by atoms with Gasteiger partial charge in [-0.05, 0) is 78.8 Å². The topological polar surface area (TPSA) is 94.3 Å². The molecule has 3 aromatic rings. The van der Waals surface area contributed by atoms with E-state index in [-0.39, 0.29) is 35.5 Å². The van der Waals surface area contributed by atoms with Crippen LogP contribution >= 0.6 is 0 Å². The van der Waals surface area contributed by atoms with E-state index in [4.69, 9.17) is 9.15 Å². The van der Waals surface area contributed by atoms with Crippen LogP contribution in [0.3, 0.4) is 0 Å². The normalized spacial score (nSPS) is 23.2. The van der Waals surface area contributed by atoms with Gasteiger partial charge in [-0.25, -0.2) is 8.78 Å². The molecular formula is C26H25F2N3O4. The van der Waals surface area contributed by atoms with E-state index >= 15 is 0 Å². The van der Waals surface area contributed by atoms with E-state index in [9.17, 15) is 18.4 Å². The molecule has 0 radical (unpaired) electrons. The SMILES string of the molecule is COC(=O)C1CC12CCC(c1ccc(NC(=O)c3nnc(Cc4ccc(F)c(F)c4)o3)cc1)CC2. The van der Waals surface area contributed by atoms with Crippen LogP contribution in [-0.4, -0.2) is 29.2 Å². The second-order valence-corrected chi connectivity index (χ2v) is 9.42. The highest BCUT2D eigenvalue weighted by molar-refractivity contribution is 6.00. The summed E-state index contributed by atoms with van der Waals surface area (Å²) in [5.41, 5.74) is 2.40. The molecule has 0 saturated heterocycles. The van der Waals surface area contributed by atoms with Crippen LogP contribution in [0.1, 0.15) is 65.7 Å². The van der Waals surface area contributed by atoms with E-state index < -0.39 is 17.5 Å². The fourth-order valence-electron chi connectivity index (χ4n) is 5.17. The number of amides is 1. The lowest BCUT2D eigenvalue weighted by Crippen LogP contribution is -2.19. The number of nitrogens with one attached hydrogen (secondary N) is 1. The molecule has 1 unspecified atom stereocenters. The van der Waals surface area contributed by atoms with Gasteiger partial charge >= 0.3 is 17.8 Å². The molecule has 9 heteroatoms. The van der Waals surface area contributed by atoms with Gasteiger partial charge in [0.05, 0.1) is 19.4 Å². The molecule has 182 valence electrons. The maximum absolute atomic E-state index is 13.4. The van der Waals surface area contributed by atoms with E-state index in [0.717, 1.165) is 44.2 Å². The Bertz CT molecular complexity index is 1250. The molecule has 1 aromatic heterocycles. The lowest BCUT2D eigenvalue weighted by molar-refractivity contribution is -0.143. The number of rotatable bonds is 6. The van der Waals surface area contributed by atoms with Crippen molar-refractivity contribution in [2.24, 2.45) is 11.3 Å². The summed E-state index contributed by atoms with van der Waals surface area (Å²) in [7, 11) is 1.45. The van der Waals surface area contributed by atoms with Crippen LogP contribution in [0.2, 0.25) is 0 Å². The fourth-order valence-corrected chi connectivity index (χ4v) is 5.17. The zero-order chi connectivity index (χ0) is 24.6. The molecule has 1 amide bonds. The molecule has 0 bridgehead atoms. The van der Waals surface area contributed by atoms with Gasteiger partial charge in [0.1, 0.15) is 0 Å². The number of methoxy groups -OCH3 is 1. The van der Waals surface area contributed by atoms with E-state index in [1.807, 2.05) is 24.3 Å². The number of halogens is 2. The van der Waals surface area contributed by atoms with Gasteiger partial charge in [0.25, 0.3) is 0 Å². The van der Waals surface area contributed by atoms with Crippen LogP contribution < -0.4 is 5.32 Å². The maximum atomic E-state index is 13.4. The average Bonchev–Trinajstić information content (AvgIpc) is 3.35. The summed E-state index contributed by atoms with van der Waals surface area (Å²) in [4.78, 5) is 24.3. The van der Waals surface area contributed by atoms with Crippen LogP contribution in [0.25, 0.3) is 0 Å². The maximum Gasteiger partial charge on any atom is 0.313 e. The Morgan fingerprint density at radius 3 is 2.51 bits per heavy atom. The smallest absolute Gasteiger partial charge is 0.313 e. The Morgan fingerprint density at radius 1 is 1.09 bits per heavy atom. The van der Waals surface area contributed by atoms with Crippen molar-refractivity contribution in [3.63, 3.8) is 0 Å². The molecule has 2 aliphatic carbocycles. The van der Waals surface area contributed by atoms with Gasteiger partial charge in [-0.3, -0.25) is 9.59 Å². The molecule has 1 atom stereocenters. The number of aromatic nitrogens is 2. The van der Waals surface area contributed by atoms with Crippen molar-refractivity contribution in [3.05, 3.63) is 77.0 Å². The lowest BCUT2D eigenvalue weighted by atomic mass is 9.76. The molecule has 2 saturated carbocycles. The van der Waals surface area contributed by atoms with E-state index in [2.05, 4.69) is 15.5 Å². The second kappa shape index (κ2) is 9.20. The van der Waals surface area contributed by atoms with E-state index in [0.29, 0.717) is 17.2 Å². The van der Waals surface area contributed by atoms with Crippen molar-refractivity contribution in [2.75, 3.05) is 12.4 Å². The minimum atomic E-state index is -0.964. The Kier molecular flexibility index (Phi) is 6.08. The van der Waals surface area contributed by atoms with Crippen molar-refractivity contribution < 1.29 is 27.5 Å². The molecule has 0 aliphatic heterocycles. The molecule has 2 aliphatic rings. The van der Waals surface area contributed by atoms with Gasteiger partial charge in [-0.15, -0.1) is 10.2 Å². The number of nitrogens with zero attached hydrogens (tertiary/aromatic N) is 2. The third kappa shape index (κ3) is 4.80. The second-order valence-electron chi connectivity index (χ2n) is 9.42. The highest BCUT2D eigenvalue weighted by atomic mass is 19.2. The molecule has 1 heterocycles. The van der Waals surface area contributed by atoms with Crippen LogP contribution in [0.5, 0.6) is 0 Å². The Hall–Kier alpha value is -3.62. The van der Waals surface area contributed by atoms with Gasteiger partial charge in [0, 0.05) is 5.69 Å². The predicted molar refractivity (Wildman–Crippen MR) is 122 cm³/mol. The number of benzene rings is 2. The average molecular weight is 481 g/mol. The summed E-state index contributed by atoms with van der Waals surface area (Å²) in [6.07, 6.45) is 5.13. The molecule has 1 spiro atoms. The summed E-state index contributed by atoms with van der Waals surface area (Å²) in [6, 6.07) is 11.2. The number of carbonyl (C=O) groups excluding carboxylic acids is 2. The Balaban J connectivity index is 1.15. The van der Waals surface area contributed by atoms with Crippen LogP contribution in [0.15, 0.2) is 46.9 Å². The molecular weight excluding hydrogens is 456 g/mol. The van der Waals surface area contributed by atoms with Gasteiger partial charge in [-0.2, -0.15) is 0 Å². The van der Waals surface area contributed by atoms with Crippen LogP contribution in [0.4, 0.5) is 14.5 Å². The number of esters is 1. The number of ether oxygens (including phenoxy) is 1. The van der Waals surface area contributed by atoms with Crippen molar-refractivity contribution in [3.8, 4) is 0 Å². The summed E-state index contributed by atoms with van der Waals surface area (Å²) >= 11 is 0. The zero-order valence-corrected chi connectivity index (χ0v) is 19.2. The first kappa shape index (κ1) is 23.1. The Labute approximate surface area is 200 Å². The fraction of sp³-hybridized carbons (Fsp3) is 0.385. The van der Waals surface area contributed by atoms with Gasteiger partial charge < -0.3 is 14.5 Å². The molecule has 2 aromatic carbocycles. The minimum Gasteiger partial charge on any atom is -0.469 e. The lowest BCUT2D eigenvalue weighted by Gasteiger charge is -2.29. The number of anilines is 1. The van der Waals surface area contributed by atoms with Gasteiger partial charge in [0.15, 0.2) is 11.6 Å². The third-order valence-electron chi connectivity index (χ3n) is 7.30. The summed E-state index contributed by atoms with van der Waals surface area (Å²) in [5, 5.41) is 10.3. The van der Waals surface area contributed by atoms with Gasteiger partial charge in [-0.1, -0.05) is 18.2 Å². The van der Waals surface area contributed by atoms with Crippen molar-refractivity contribution in [2.45, 2.75) is 44.4 Å². The van der Waals surface area contributed by atoms with E-state index in [1.165, 1.54) is 18.7 Å². The zero-order valence-electron chi connectivity index (χ0n) is 19.2. The first-order valence-electron chi connectivity index (χ1n) is 11.6. The molecule has 2 fully saturated rings. The van der Waals surface area contributed by atoms with Crippen molar-refractivity contribution >= 4 is 17.6 Å². The monoisotopic (exact) mass is 481 g/mol. The quantitative estimate of drug-likeness (QED) is 0.497. The first-order valence-corrected chi connectivity index (χ1v) is 11.6. The summed E-state index contributed by atoms with van der Waals surface area (Å²) < 4.78 is 36.8. The summed E-state index contributed by atoms with van der Waals surface area (Å²) in [6.45, 7) is 0. The van der Waals surface area contributed by atoms with E-state index in [1.54, 1.807) is 0 Å². The summed E-state index contributed by atoms with van der Waals surface area (Å²) in [5.74, 6) is -2.13. The van der Waals surface area contributed by atoms with Crippen molar-refractivity contribution in [1.29, 1.82) is 0 Å².